The van der Waals surface area contributed by atoms with Crippen LogP contribution in [0.2, 0.25) is 0 Å². The molecule has 0 radical (unpaired) electrons. The minimum atomic E-state index is 0.593. The van der Waals surface area contributed by atoms with E-state index in [4.69, 9.17) is 4.99 Å². The number of nitrogens with zero attached hydrogens (tertiary/aromatic N) is 2. The van der Waals surface area contributed by atoms with Crippen LogP contribution in [-0.4, -0.2) is 36.0 Å². The Morgan fingerprint density at radius 1 is 0.750 bits per heavy atom. The Kier molecular flexibility index (Phi) is 5.21. The van der Waals surface area contributed by atoms with Gasteiger partial charge in [0.25, 0.3) is 0 Å². The number of rotatable bonds is 2. The Balaban J connectivity index is 1.63. The molecule has 2 aliphatic carbocycles. The van der Waals surface area contributed by atoms with Crippen LogP contribution in [0, 0.1) is 0 Å². The maximum Gasteiger partial charge on any atom is 0.194 e. The van der Waals surface area contributed by atoms with Gasteiger partial charge in [0.1, 0.15) is 0 Å². The lowest BCUT2D eigenvalue weighted by Gasteiger charge is -2.30. The zero-order valence-electron chi connectivity index (χ0n) is 12.9. The molecule has 2 saturated carbocycles. The van der Waals surface area contributed by atoms with Crippen LogP contribution in [0.3, 0.4) is 0 Å². The van der Waals surface area contributed by atoms with Crippen molar-refractivity contribution in [1.29, 1.82) is 0 Å². The number of guanidine groups is 1. The van der Waals surface area contributed by atoms with E-state index in [1.54, 1.807) is 0 Å². The van der Waals surface area contributed by atoms with E-state index in [9.17, 15) is 0 Å². The molecular formula is C17H31N3. The molecule has 114 valence electrons. The molecule has 3 aliphatic rings. The predicted molar refractivity (Wildman–Crippen MR) is 85.1 cm³/mol. The van der Waals surface area contributed by atoms with Crippen molar-refractivity contribution in [3.63, 3.8) is 0 Å². The van der Waals surface area contributed by atoms with Crippen LogP contribution >= 0.6 is 0 Å². The first-order valence-corrected chi connectivity index (χ1v) is 9.01. The molecule has 1 aliphatic heterocycles. The first kappa shape index (κ1) is 14.2. The summed E-state index contributed by atoms with van der Waals surface area (Å²) in [6.07, 6.45) is 16.4. The Labute approximate surface area is 124 Å². The van der Waals surface area contributed by atoms with Crippen molar-refractivity contribution in [2.24, 2.45) is 4.99 Å². The maximum absolute atomic E-state index is 5.14. The summed E-state index contributed by atoms with van der Waals surface area (Å²) in [6.45, 7) is 2.43. The van der Waals surface area contributed by atoms with E-state index in [1.807, 2.05) is 0 Å². The van der Waals surface area contributed by atoms with Crippen molar-refractivity contribution in [3.8, 4) is 0 Å². The molecule has 0 aromatic rings. The predicted octanol–water partition coefficient (Wildman–Crippen LogP) is 3.69. The van der Waals surface area contributed by atoms with E-state index in [1.165, 1.54) is 96.1 Å². The lowest BCUT2D eigenvalue weighted by molar-refractivity contribution is 0.381. The molecule has 0 amide bonds. The van der Waals surface area contributed by atoms with Crippen molar-refractivity contribution in [2.45, 2.75) is 89.1 Å². The minimum absolute atomic E-state index is 0.593. The largest absolute Gasteiger partial charge is 0.353 e. The van der Waals surface area contributed by atoms with Gasteiger partial charge in [0.05, 0.1) is 6.04 Å². The van der Waals surface area contributed by atoms with E-state index >= 15 is 0 Å². The van der Waals surface area contributed by atoms with Gasteiger partial charge in [-0.3, -0.25) is 0 Å². The molecule has 1 saturated heterocycles. The van der Waals surface area contributed by atoms with Crippen molar-refractivity contribution >= 4 is 5.96 Å². The zero-order chi connectivity index (χ0) is 13.6. The summed E-state index contributed by atoms with van der Waals surface area (Å²) in [5.74, 6) is 1.25. The molecule has 3 rings (SSSR count). The number of nitrogens with one attached hydrogen (secondary N) is 1. The van der Waals surface area contributed by atoms with E-state index < -0.39 is 0 Å². The molecule has 0 atom stereocenters. The van der Waals surface area contributed by atoms with E-state index in [2.05, 4.69) is 10.2 Å². The Bertz CT molecular complexity index is 308. The smallest absolute Gasteiger partial charge is 0.194 e. The molecule has 0 aromatic heterocycles. The van der Waals surface area contributed by atoms with Gasteiger partial charge in [-0.1, -0.05) is 38.5 Å². The summed E-state index contributed by atoms with van der Waals surface area (Å²) < 4.78 is 0. The molecule has 1 heterocycles. The number of aliphatic imine (C=N–C) groups is 1. The highest BCUT2D eigenvalue weighted by Crippen LogP contribution is 2.22. The number of likely N-dealkylation sites (tertiary alicyclic amines) is 1. The van der Waals surface area contributed by atoms with Crippen LogP contribution in [0.5, 0.6) is 0 Å². The van der Waals surface area contributed by atoms with Gasteiger partial charge in [-0.15, -0.1) is 0 Å². The fraction of sp³-hybridized carbons (Fsp3) is 0.941. The second-order valence-corrected chi connectivity index (χ2v) is 6.92. The second kappa shape index (κ2) is 7.33. The summed E-state index contributed by atoms with van der Waals surface area (Å²) in [5, 5.41) is 3.82. The lowest BCUT2D eigenvalue weighted by Crippen LogP contribution is -2.46. The van der Waals surface area contributed by atoms with E-state index in [-0.39, 0.29) is 0 Å². The molecular weight excluding hydrogens is 246 g/mol. The maximum atomic E-state index is 5.14. The van der Waals surface area contributed by atoms with Gasteiger partial charge in [-0.05, 0) is 38.5 Å². The standard InChI is InChI=1S/C17H31N3/c1-3-9-15(10-4-1)18-17(20-13-7-8-14-20)19-16-11-5-2-6-12-16/h15-16H,1-14H2,(H,18,19). The third-order valence-electron chi connectivity index (χ3n) is 5.22. The zero-order valence-corrected chi connectivity index (χ0v) is 12.9. The first-order chi connectivity index (χ1) is 9.92. The Hall–Kier alpha value is -0.730. The third kappa shape index (κ3) is 3.89. The van der Waals surface area contributed by atoms with Crippen LogP contribution in [0.1, 0.15) is 77.0 Å². The SMILES string of the molecule is C1CCC(/N=C(\NC2CCCCC2)N2CCCC2)CC1. The van der Waals surface area contributed by atoms with Gasteiger partial charge in [0.15, 0.2) is 5.96 Å². The first-order valence-electron chi connectivity index (χ1n) is 9.01. The molecule has 0 unspecified atom stereocenters. The second-order valence-electron chi connectivity index (χ2n) is 6.92. The summed E-state index contributed by atoms with van der Waals surface area (Å²) in [5.41, 5.74) is 0. The van der Waals surface area contributed by atoms with Crippen LogP contribution in [-0.2, 0) is 0 Å². The van der Waals surface area contributed by atoms with Crippen LogP contribution in [0.4, 0.5) is 0 Å². The Morgan fingerprint density at radius 2 is 1.35 bits per heavy atom. The van der Waals surface area contributed by atoms with E-state index in [0.717, 1.165) is 0 Å². The van der Waals surface area contributed by atoms with Crippen LogP contribution < -0.4 is 5.32 Å². The fourth-order valence-electron chi connectivity index (χ4n) is 3.95. The molecule has 1 N–H and O–H groups in total. The molecule has 3 heteroatoms. The molecule has 3 nitrogen and oxygen atoms in total. The van der Waals surface area contributed by atoms with Gasteiger partial charge in [-0.2, -0.15) is 0 Å². The molecule has 3 fully saturated rings. The highest BCUT2D eigenvalue weighted by Gasteiger charge is 2.22. The Morgan fingerprint density at radius 3 is 2.00 bits per heavy atom. The van der Waals surface area contributed by atoms with Gasteiger partial charge in [0.2, 0.25) is 0 Å². The highest BCUT2D eigenvalue weighted by atomic mass is 15.3. The van der Waals surface area contributed by atoms with Gasteiger partial charge in [0, 0.05) is 19.1 Å². The summed E-state index contributed by atoms with van der Waals surface area (Å²) in [7, 11) is 0. The minimum Gasteiger partial charge on any atom is -0.353 e. The molecule has 0 bridgehead atoms. The van der Waals surface area contributed by atoms with Crippen LogP contribution in [0.25, 0.3) is 0 Å². The molecule has 0 spiro atoms. The molecule has 0 aromatic carbocycles. The lowest BCUT2D eigenvalue weighted by atomic mass is 9.95. The molecule has 20 heavy (non-hydrogen) atoms. The third-order valence-corrected chi connectivity index (χ3v) is 5.22. The topological polar surface area (TPSA) is 27.6 Å². The quantitative estimate of drug-likeness (QED) is 0.616. The van der Waals surface area contributed by atoms with Crippen molar-refractivity contribution in [3.05, 3.63) is 0 Å². The number of hydrogen-bond donors (Lipinski definition) is 1. The average Bonchev–Trinajstić information content (AvgIpc) is 3.03. The van der Waals surface area contributed by atoms with Crippen molar-refractivity contribution in [2.75, 3.05) is 13.1 Å². The van der Waals surface area contributed by atoms with Crippen LogP contribution in [0.15, 0.2) is 4.99 Å². The number of hydrogen-bond acceptors (Lipinski definition) is 1. The fourth-order valence-corrected chi connectivity index (χ4v) is 3.95. The van der Waals surface area contributed by atoms with Crippen molar-refractivity contribution < 1.29 is 0 Å². The van der Waals surface area contributed by atoms with E-state index in [0.29, 0.717) is 12.1 Å². The van der Waals surface area contributed by atoms with Crippen molar-refractivity contribution in [1.82, 2.24) is 10.2 Å². The average molecular weight is 277 g/mol. The van der Waals surface area contributed by atoms with Gasteiger partial charge >= 0.3 is 0 Å². The summed E-state index contributed by atoms with van der Waals surface area (Å²) >= 11 is 0. The van der Waals surface area contributed by atoms with Gasteiger partial charge < -0.3 is 10.2 Å². The summed E-state index contributed by atoms with van der Waals surface area (Å²) in [6, 6.07) is 1.28. The summed E-state index contributed by atoms with van der Waals surface area (Å²) in [4.78, 5) is 7.66. The van der Waals surface area contributed by atoms with Gasteiger partial charge in [-0.25, -0.2) is 4.99 Å². The normalized spacial score (nSPS) is 27.0. The monoisotopic (exact) mass is 277 g/mol. The highest BCUT2D eigenvalue weighted by molar-refractivity contribution is 5.80.